The zero-order valence-electron chi connectivity index (χ0n) is 10.7. The van der Waals surface area contributed by atoms with Gasteiger partial charge in [-0.3, -0.25) is 0 Å². The van der Waals surface area contributed by atoms with Crippen molar-refractivity contribution in [1.82, 2.24) is 9.88 Å². The first-order valence-electron chi connectivity index (χ1n) is 6.32. The lowest BCUT2D eigenvalue weighted by Crippen LogP contribution is -2.30. The number of aromatic nitrogens is 1. The summed E-state index contributed by atoms with van der Waals surface area (Å²) >= 11 is 6.11. The highest BCUT2D eigenvalue weighted by Crippen LogP contribution is 2.19. The molecule has 0 spiro atoms. The average molecular weight is 270 g/mol. The number of hydrogen-bond donors (Lipinski definition) is 1. The van der Waals surface area contributed by atoms with E-state index >= 15 is 0 Å². The van der Waals surface area contributed by atoms with E-state index in [-0.39, 0.29) is 0 Å². The molecule has 2 rings (SSSR count). The van der Waals surface area contributed by atoms with Crippen molar-refractivity contribution in [3.05, 3.63) is 22.8 Å². The van der Waals surface area contributed by atoms with E-state index < -0.39 is 0 Å². The molecule has 0 bridgehead atoms. The van der Waals surface area contributed by atoms with Crippen LogP contribution in [0.2, 0.25) is 5.02 Å². The van der Waals surface area contributed by atoms with E-state index in [2.05, 4.69) is 16.9 Å². The molecule has 2 N–H and O–H groups in total. The van der Waals surface area contributed by atoms with Crippen molar-refractivity contribution in [2.75, 3.05) is 32.5 Å². The maximum absolute atomic E-state index is 6.11. The van der Waals surface area contributed by atoms with Gasteiger partial charge in [0.1, 0.15) is 5.82 Å². The molecule has 1 atom stereocenters. The number of ether oxygens (including phenoxy) is 1. The van der Waals surface area contributed by atoms with Gasteiger partial charge in [-0.1, -0.05) is 11.6 Å². The third-order valence-corrected chi connectivity index (χ3v) is 3.53. The molecule has 1 fully saturated rings. The van der Waals surface area contributed by atoms with Crippen LogP contribution in [0.4, 0.5) is 5.82 Å². The van der Waals surface area contributed by atoms with Crippen LogP contribution in [0.25, 0.3) is 0 Å². The lowest BCUT2D eigenvalue weighted by atomic mass is 10.0. The summed E-state index contributed by atoms with van der Waals surface area (Å²) in [6.45, 7) is 3.50. The zero-order valence-corrected chi connectivity index (χ0v) is 11.5. The number of pyridine rings is 1. The van der Waals surface area contributed by atoms with Gasteiger partial charge >= 0.3 is 0 Å². The van der Waals surface area contributed by atoms with E-state index in [0.29, 0.717) is 16.8 Å². The number of hydrogen-bond acceptors (Lipinski definition) is 4. The van der Waals surface area contributed by atoms with Crippen LogP contribution < -0.4 is 5.73 Å². The molecule has 0 aromatic carbocycles. The number of anilines is 1. The molecular formula is C13H20ClN3O. The third-order valence-electron chi connectivity index (χ3n) is 3.18. The largest absolute Gasteiger partial charge is 0.384 e. The fourth-order valence-corrected chi connectivity index (χ4v) is 2.49. The van der Waals surface area contributed by atoms with E-state index in [9.17, 15) is 0 Å². The first-order valence-corrected chi connectivity index (χ1v) is 6.70. The summed E-state index contributed by atoms with van der Waals surface area (Å²) in [5.74, 6) is 1.13. The number of halogens is 1. The van der Waals surface area contributed by atoms with Crippen molar-refractivity contribution in [3.8, 4) is 0 Å². The summed E-state index contributed by atoms with van der Waals surface area (Å²) in [5.41, 5.74) is 6.52. The van der Waals surface area contributed by atoms with Crippen molar-refractivity contribution in [3.63, 3.8) is 0 Å². The highest BCUT2D eigenvalue weighted by atomic mass is 35.5. The minimum Gasteiger partial charge on any atom is -0.384 e. The second kappa shape index (κ2) is 6.36. The molecule has 1 aliphatic heterocycles. The number of nitrogens with two attached hydrogens (primary N) is 1. The Kier molecular flexibility index (Phi) is 4.80. The highest BCUT2D eigenvalue weighted by molar-refractivity contribution is 6.31. The Bertz CT molecular complexity index is 394. The van der Waals surface area contributed by atoms with Crippen molar-refractivity contribution < 1.29 is 4.74 Å². The van der Waals surface area contributed by atoms with E-state index in [4.69, 9.17) is 22.1 Å². The molecule has 1 saturated heterocycles. The summed E-state index contributed by atoms with van der Waals surface area (Å²) in [4.78, 5) is 6.51. The Balaban J connectivity index is 1.89. The fraction of sp³-hybridized carbons (Fsp3) is 0.615. The zero-order chi connectivity index (χ0) is 13.0. The SMILES string of the molecule is CN(Cc1nc(N)ccc1Cl)CC1CCCOC1. The van der Waals surface area contributed by atoms with Gasteiger partial charge in [-0.15, -0.1) is 0 Å². The molecule has 4 nitrogen and oxygen atoms in total. The number of rotatable bonds is 4. The summed E-state index contributed by atoms with van der Waals surface area (Å²) in [7, 11) is 2.08. The van der Waals surface area contributed by atoms with Crippen molar-refractivity contribution >= 4 is 17.4 Å². The predicted octanol–water partition coefficient (Wildman–Crippen LogP) is 2.18. The normalized spacial score (nSPS) is 20.3. The van der Waals surface area contributed by atoms with Crippen LogP contribution in [-0.2, 0) is 11.3 Å². The average Bonchev–Trinajstić information content (AvgIpc) is 2.35. The van der Waals surface area contributed by atoms with Crippen LogP contribution in [-0.4, -0.2) is 36.7 Å². The van der Waals surface area contributed by atoms with Crippen LogP contribution in [0.3, 0.4) is 0 Å². The summed E-state index contributed by atoms with van der Waals surface area (Å²) in [5, 5.41) is 0.677. The van der Waals surface area contributed by atoms with Crippen LogP contribution >= 0.6 is 11.6 Å². The Labute approximate surface area is 113 Å². The molecule has 1 unspecified atom stereocenters. The molecule has 100 valence electrons. The fourth-order valence-electron chi connectivity index (χ4n) is 2.32. The van der Waals surface area contributed by atoms with Crippen molar-refractivity contribution in [2.24, 2.45) is 5.92 Å². The van der Waals surface area contributed by atoms with Crippen molar-refractivity contribution in [1.29, 1.82) is 0 Å². The summed E-state index contributed by atoms with van der Waals surface area (Å²) in [6, 6.07) is 3.53. The second-order valence-electron chi connectivity index (χ2n) is 4.94. The molecule has 1 aromatic heterocycles. The monoisotopic (exact) mass is 269 g/mol. The van der Waals surface area contributed by atoms with Crippen molar-refractivity contribution in [2.45, 2.75) is 19.4 Å². The molecule has 0 saturated carbocycles. The standard InChI is InChI=1S/C13H20ClN3O/c1-17(7-10-3-2-6-18-9-10)8-12-11(14)4-5-13(15)16-12/h4-5,10H,2-3,6-9H2,1H3,(H2,15,16). The van der Waals surface area contributed by atoms with E-state index in [1.807, 2.05) is 0 Å². The minimum absolute atomic E-state index is 0.517. The van der Waals surface area contributed by atoms with Gasteiger partial charge < -0.3 is 15.4 Å². The topological polar surface area (TPSA) is 51.4 Å². The smallest absolute Gasteiger partial charge is 0.123 e. The van der Waals surface area contributed by atoms with E-state index in [1.165, 1.54) is 6.42 Å². The predicted molar refractivity (Wildman–Crippen MR) is 73.5 cm³/mol. The summed E-state index contributed by atoms with van der Waals surface area (Å²) < 4.78 is 5.49. The first-order chi connectivity index (χ1) is 8.65. The lowest BCUT2D eigenvalue weighted by molar-refractivity contribution is 0.0410. The molecule has 1 aliphatic rings. The van der Waals surface area contributed by atoms with Gasteiger partial charge in [-0.25, -0.2) is 4.98 Å². The second-order valence-corrected chi connectivity index (χ2v) is 5.35. The first kappa shape index (κ1) is 13.6. The lowest BCUT2D eigenvalue weighted by Gasteiger charge is -2.27. The summed E-state index contributed by atoms with van der Waals surface area (Å²) in [6.07, 6.45) is 2.40. The van der Waals surface area contributed by atoms with Gasteiger partial charge in [0, 0.05) is 19.7 Å². The van der Waals surface area contributed by atoms with Crippen LogP contribution in [0.5, 0.6) is 0 Å². The Morgan fingerprint density at radius 2 is 2.39 bits per heavy atom. The van der Waals surface area contributed by atoms with Gasteiger partial charge in [0.15, 0.2) is 0 Å². The van der Waals surface area contributed by atoms with E-state index in [1.54, 1.807) is 12.1 Å². The Morgan fingerprint density at radius 3 is 3.11 bits per heavy atom. The van der Waals surface area contributed by atoms with Gasteiger partial charge in [-0.05, 0) is 37.9 Å². The maximum atomic E-state index is 6.11. The maximum Gasteiger partial charge on any atom is 0.123 e. The van der Waals surface area contributed by atoms with Crippen LogP contribution in [0.1, 0.15) is 18.5 Å². The van der Waals surface area contributed by atoms with Crippen LogP contribution in [0.15, 0.2) is 12.1 Å². The molecule has 5 heteroatoms. The van der Waals surface area contributed by atoms with Gasteiger partial charge in [0.2, 0.25) is 0 Å². The number of nitrogens with zero attached hydrogens (tertiary/aromatic N) is 2. The van der Waals surface area contributed by atoms with Gasteiger partial charge in [0.05, 0.1) is 17.3 Å². The van der Waals surface area contributed by atoms with Gasteiger partial charge in [0.25, 0.3) is 0 Å². The Morgan fingerprint density at radius 1 is 1.56 bits per heavy atom. The number of nitrogen functional groups attached to an aromatic ring is 1. The quantitative estimate of drug-likeness (QED) is 0.910. The highest BCUT2D eigenvalue weighted by Gasteiger charge is 2.16. The van der Waals surface area contributed by atoms with Gasteiger partial charge in [-0.2, -0.15) is 0 Å². The molecule has 0 radical (unpaired) electrons. The molecular weight excluding hydrogens is 250 g/mol. The van der Waals surface area contributed by atoms with Crippen LogP contribution in [0, 0.1) is 5.92 Å². The third kappa shape index (κ3) is 3.83. The molecule has 2 heterocycles. The molecule has 1 aromatic rings. The Hall–Kier alpha value is -0.840. The molecule has 0 aliphatic carbocycles. The molecule has 0 amide bonds. The minimum atomic E-state index is 0.517. The molecule has 18 heavy (non-hydrogen) atoms. The van der Waals surface area contributed by atoms with E-state index in [0.717, 1.165) is 38.4 Å².